The van der Waals surface area contributed by atoms with E-state index in [9.17, 15) is 14.0 Å². The Morgan fingerprint density at radius 1 is 1.41 bits per heavy atom. The molecule has 1 aliphatic heterocycles. The third-order valence-corrected chi connectivity index (χ3v) is 3.96. The quantitative estimate of drug-likeness (QED) is 0.810. The first kappa shape index (κ1) is 16.4. The summed E-state index contributed by atoms with van der Waals surface area (Å²) in [6, 6.07) is 5.59. The van der Waals surface area contributed by atoms with Gasteiger partial charge in [0.2, 0.25) is 11.8 Å². The number of carbonyl (C=O) groups is 2. The second-order valence-electron chi connectivity index (χ2n) is 5.45. The standard InChI is InChI=1S/C16H21FN2O3/c1-19-14(20)10-13(16(21)18-8-3-9-22-2)15(19)11-4-6-12(17)7-5-11/h4-7,13,15H,3,8-10H2,1-2H3,(H,18,21). The first-order valence-electron chi connectivity index (χ1n) is 7.32. The lowest BCUT2D eigenvalue weighted by atomic mass is 9.93. The van der Waals surface area contributed by atoms with Crippen molar-refractivity contribution in [1.82, 2.24) is 10.2 Å². The van der Waals surface area contributed by atoms with Gasteiger partial charge in [-0.3, -0.25) is 9.59 Å². The Balaban J connectivity index is 2.09. The summed E-state index contributed by atoms with van der Waals surface area (Å²) in [7, 11) is 3.28. The van der Waals surface area contributed by atoms with E-state index in [1.807, 2.05) is 0 Å². The molecule has 5 nitrogen and oxygen atoms in total. The highest BCUT2D eigenvalue weighted by molar-refractivity contribution is 5.90. The molecule has 1 N–H and O–H groups in total. The van der Waals surface area contributed by atoms with Crippen LogP contribution in [-0.4, -0.2) is 44.0 Å². The fourth-order valence-electron chi connectivity index (χ4n) is 2.78. The Labute approximate surface area is 129 Å². The predicted molar refractivity (Wildman–Crippen MR) is 79.5 cm³/mol. The fourth-order valence-corrected chi connectivity index (χ4v) is 2.78. The number of ether oxygens (including phenoxy) is 1. The molecule has 6 heteroatoms. The minimum Gasteiger partial charge on any atom is -0.385 e. The van der Waals surface area contributed by atoms with Crippen molar-refractivity contribution in [3.8, 4) is 0 Å². The van der Waals surface area contributed by atoms with E-state index < -0.39 is 5.92 Å². The molecule has 1 aromatic rings. The van der Waals surface area contributed by atoms with Gasteiger partial charge in [-0.2, -0.15) is 0 Å². The van der Waals surface area contributed by atoms with E-state index in [0.717, 1.165) is 12.0 Å². The summed E-state index contributed by atoms with van der Waals surface area (Å²) >= 11 is 0. The molecule has 1 aromatic carbocycles. The molecule has 1 aliphatic rings. The van der Waals surface area contributed by atoms with Crippen LogP contribution in [0.4, 0.5) is 4.39 Å². The first-order chi connectivity index (χ1) is 10.5. The number of hydrogen-bond donors (Lipinski definition) is 1. The van der Waals surface area contributed by atoms with Gasteiger partial charge in [0, 0.05) is 33.7 Å². The Hall–Kier alpha value is -1.95. The number of carbonyl (C=O) groups excluding carboxylic acids is 2. The topological polar surface area (TPSA) is 58.6 Å². The molecule has 120 valence electrons. The van der Waals surface area contributed by atoms with Gasteiger partial charge >= 0.3 is 0 Å². The van der Waals surface area contributed by atoms with Crippen molar-refractivity contribution in [3.63, 3.8) is 0 Å². The van der Waals surface area contributed by atoms with Crippen LogP contribution in [0.25, 0.3) is 0 Å². The van der Waals surface area contributed by atoms with Crippen LogP contribution in [0.2, 0.25) is 0 Å². The van der Waals surface area contributed by atoms with Crippen LogP contribution in [0.3, 0.4) is 0 Å². The maximum atomic E-state index is 13.1. The smallest absolute Gasteiger partial charge is 0.226 e. The number of halogens is 1. The SMILES string of the molecule is COCCCNC(=O)C1CC(=O)N(C)C1c1ccc(F)cc1. The summed E-state index contributed by atoms with van der Waals surface area (Å²) in [6.07, 6.45) is 0.897. The van der Waals surface area contributed by atoms with Crippen LogP contribution in [-0.2, 0) is 14.3 Å². The third-order valence-electron chi connectivity index (χ3n) is 3.96. The van der Waals surface area contributed by atoms with E-state index in [1.54, 1.807) is 31.2 Å². The summed E-state index contributed by atoms with van der Waals surface area (Å²) in [6.45, 7) is 1.09. The highest BCUT2D eigenvalue weighted by Gasteiger charge is 2.42. The number of methoxy groups -OCH3 is 1. The zero-order valence-electron chi connectivity index (χ0n) is 12.8. The van der Waals surface area contributed by atoms with Crippen molar-refractivity contribution in [1.29, 1.82) is 0 Å². The summed E-state index contributed by atoms with van der Waals surface area (Å²) in [5.41, 5.74) is 0.770. The van der Waals surface area contributed by atoms with Crippen molar-refractivity contribution in [3.05, 3.63) is 35.6 Å². The van der Waals surface area contributed by atoms with Crippen LogP contribution in [0.5, 0.6) is 0 Å². The van der Waals surface area contributed by atoms with Crippen LogP contribution in [0, 0.1) is 11.7 Å². The molecule has 2 rings (SSSR count). The first-order valence-corrected chi connectivity index (χ1v) is 7.32. The van der Waals surface area contributed by atoms with Gasteiger partial charge < -0.3 is 15.0 Å². The summed E-state index contributed by atoms with van der Waals surface area (Å²) < 4.78 is 18.0. The Bertz CT molecular complexity index is 533. The lowest BCUT2D eigenvalue weighted by Crippen LogP contribution is -2.35. The molecule has 0 saturated carbocycles. The van der Waals surface area contributed by atoms with Gasteiger partial charge in [-0.15, -0.1) is 0 Å². The molecule has 1 saturated heterocycles. The molecule has 2 amide bonds. The molecule has 2 unspecified atom stereocenters. The average Bonchev–Trinajstić information content (AvgIpc) is 2.80. The number of nitrogens with one attached hydrogen (secondary N) is 1. The molecule has 0 spiro atoms. The van der Waals surface area contributed by atoms with Crippen molar-refractivity contribution < 1.29 is 18.7 Å². The van der Waals surface area contributed by atoms with E-state index >= 15 is 0 Å². The molecule has 1 heterocycles. The number of benzene rings is 1. The average molecular weight is 308 g/mol. The van der Waals surface area contributed by atoms with E-state index in [2.05, 4.69) is 5.32 Å². The number of nitrogens with zero attached hydrogens (tertiary/aromatic N) is 1. The van der Waals surface area contributed by atoms with E-state index in [-0.39, 0.29) is 30.1 Å². The van der Waals surface area contributed by atoms with Crippen molar-refractivity contribution in [2.45, 2.75) is 18.9 Å². The molecule has 0 radical (unpaired) electrons. The molecule has 2 atom stereocenters. The molecule has 22 heavy (non-hydrogen) atoms. The minimum absolute atomic E-state index is 0.0774. The molecule has 0 bridgehead atoms. The number of hydrogen-bond acceptors (Lipinski definition) is 3. The number of amides is 2. The van der Waals surface area contributed by atoms with Gasteiger partial charge in [-0.25, -0.2) is 4.39 Å². The minimum atomic E-state index is -0.453. The Kier molecular flexibility index (Phi) is 5.49. The summed E-state index contributed by atoms with van der Waals surface area (Å²) in [4.78, 5) is 25.9. The largest absolute Gasteiger partial charge is 0.385 e. The Morgan fingerprint density at radius 3 is 2.73 bits per heavy atom. The zero-order valence-corrected chi connectivity index (χ0v) is 12.8. The lowest BCUT2D eigenvalue weighted by Gasteiger charge is -2.25. The highest BCUT2D eigenvalue weighted by atomic mass is 19.1. The molecule has 0 aliphatic carbocycles. The maximum Gasteiger partial charge on any atom is 0.226 e. The van der Waals surface area contributed by atoms with Crippen LogP contribution in [0.1, 0.15) is 24.4 Å². The van der Waals surface area contributed by atoms with Gasteiger partial charge in [-0.05, 0) is 24.1 Å². The summed E-state index contributed by atoms with van der Waals surface area (Å²) in [5.74, 6) is -1.02. The second kappa shape index (κ2) is 7.35. The van der Waals surface area contributed by atoms with Crippen LogP contribution >= 0.6 is 0 Å². The lowest BCUT2D eigenvalue weighted by molar-refractivity contribution is -0.128. The monoisotopic (exact) mass is 308 g/mol. The van der Waals surface area contributed by atoms with Gasteiger partial charge in [0.05, 0.1) is 12.0 Å². The van der Waals surface area contributed by atoms with Gasteiger partial charge in [0.1, 0.15) is 5.82 Å². The Morgan fingerprint density at radius 2 is 2.09 bits per heavy atom. The van der Waals surface area contributed by atoms with Gasteiger partial charge in [-0.1, -0.05) is 12.1 Å². The summed E-state index contributed by atoms with van der Waals surface area (Å²) in [5, 5.41) is 2.84. The van der Waals surface area contributed by atoms with Crippen LogP contribution < -0.4 is 5.32 Å². The van der Waals surface area contributed by atoms with Crippen LogP contribution in [0.15, 0.2) is 24.3 Å². The third kappa shape index (κ3) is 3.62. The molecular weight excluding hydrogens is 287 g/mol. The molecule has 1 fully saturated rings. The van der Waals surface area contributed by atoms with E-state index in [0.29, 0.717) is 13.2 Å². The van der Waals surface area contributed by atoms with Crippen molar-refractivity contribution in [2.24, 2.45) is 5.92 Å². The van der Waals surface area contributed by atoms with Crippen molar-refractivity contribution in [2.75, 3.05) is 27.3 Å². The zero-order chi connectivity index (χ0) is 16.1. The molecular formula is C16H21FN2O3. The van der Waals surface area contributed by atoms with Gasteiger partial charge in [0.25, 0.3) is 0 Å². The highest BCUT2D eigenvalue weighted by Crippen LogP contribution is 2.37. The van der Waals surface area contributed by atoms with Gasteiger partial charge in [0.15, 0.2) is 0 Å². The van der Waals surface area contributed by atoms with Crippen molar-refractivity contribution >= 4 is 11.8 Å². The molecule has 0 aromatic heterocycles. The fraction of sp³-hybridized carbons (Fsp3) is 0.500. The van der Waals surface area contributed by atoms with E-state index in [4.69, 9.17) is 4.74 Å². The second-order valence-corrected chi connectivity index (χ2v) is 5.45. The normalized spacial score (nSPS) is 21.2. The van der Waals surface area contributed by atoms with E-state index in [1.165, 1.54) is 12.1 Å². The number of rotatable bonds is 6. The number of likely N-dealkylation sites (tertiary alicyclic amines) is 1. The maximum absolute atomic E-state index is 13.1. The predicted octanol–water partition coefficient (Wildman–Crippen LogP) is 1.50.